The van der Waals surface area contributed by atoms with E-state index in [0.717, 1.165) is 0 Å². The zero-order valence-corrected chi connectivity index (χ0v) is 9.87. The Hall–Kier alpha value is -0.900. The van der Waals surface area contributed by atoms with Gasteiger partial charge in [0, 0.05) is 18.4 Å². The van der Waals surface area contributed by atoms with Crippen LogP contribution in [0.3, 0.4) is 0 Å². The van der Waals surface area contributed by atoms with E-state index in [4.69, 9.17) is 4.84 Å². The smallest absolute Gasteiger partial charge is 0.252 e. The lowest BCUT2D eigenvalue weighted by atomic mass is 9.85. The summed E-state index contributed by atoms with van der Waals surface area (Å²) in [7, 11) is 0. The lowest BCUT2D eigenvalue weighted by Crippen LogP contribution is -2.29. The summed E-state index contributed by atoms with van der Waals surface area (Å²) in [6.45, 7) is 8.34. The van der Waals surface area contributed by atoms with E-state index in [-0.39, 0.29) is 23.0 Å². The zero-order valence-electron chi connectivity index (χ0n) is 9.87. The molecule has 15 heavy (non-hydrogen) atoms. The van der Waals surface area contributed by atoms with Gasteiger partial charge >= 0.3 is 0 Å². The summed E-state index contributed by atoms with van der Waals surface area (Å²) < 4.78 is 0. The SMILES string of the molecule is CCN1OC[C@@H](CC(=O)C(C)(C)C)C1=O. The molecule has 0 spiro atoms. The van der Waals surface area contributed by atoms with Crippen LogP contribution in [0.25, 0.3) is 0 Å². The topological polar surface area (TPSA) is 46.6 Å². The highest BCUT2D eigenvalue weighted by atomic mass is 16.7. The fourth-order valence-electron chi connectivity index (χ4n) is 1.44. The number of rotatable bonds is 3. The lowest BCUT2D eigenvalue weighted by molar-refractivity contribution is -0.160. The van der Waals surface area contributed by atoms with E-state index < -0.39 is 0 Å². The van der Waals surface area contributed by atoms with Gasteiger partial charge in [-0.05, 0) is 6.92 Å². The summed E-state index contributed by atoms with van der Waals surface area (Å²) in [5.41, 5.74) is -0.375. The van der Waals surface area contributed by atoms with Crippen LogP contribution in [-0.4, -0.2) is 29.9 Å². The van der Waals surface area contributed by atoms with E-state index in [1.54, 1.807) is 0 Å². The van der Waals surface area contributed by atoms with Crippen LogP contribution >= 0.6 is 0 Å². The minimum Gasteiger partial charge on any atom is -0.299 e. The molecule has 0 aromatic heterocycles. The number of hydrogen-bond acceptors (Lipinski definition) is 3. The third kappa shape index (κ3) is 2.78. The van der Waals surface area contributed by atoms with Gasteiger partial charge in [-0.1, -0.05) is 20.8 Å². The van der Waals surface area contributed by atoms with Crippen molar-refractivity contribution >= 4 is 11.7 Å². The average molecular weight is 213 g/mol. The molecule has 1 aliphatic heterocycles. The number of amides is 1. The zero-order chi connectivity index (χ0) is 11.6. The van der Waals surface area contributed by atoms with Gasteiger partial charge in [-0.15, -0.1) is 0 Å². The van der Waals surface area contributed by atoms with Crippen molar-refractivity contribution in [3.8, 4) is 0 Å². The molecule has 0 bridgehead atoms. The second-order valence-corrected chi connectivity index (χ2v) is 4.90. The van der Waals surface area contributed by atoms with E-state index in [1.807, 2.05) is 27.7 Å². The van der Waals surface area contributed by atoms with Crippen molar-refractivity contribution in [1.29, 1.82) is 0 Å². The van der Waals surface area contributed by atoms with Gasteiger partial charge in [0.15, 0.2) is 0 Å². The Morgan fingerprint density at radius 3 is 2.53 bits per heavy atom. The quantitative estimate of drug-likeness (QED) is 0.712. The maximum Gasteiger partial charge on any atom is 0.252 e. The molecule has 0 saturated carbocycles. The highest BCUT2D eigenvalue weighted by Crippen LogP contribution is 2.24. The molecule has 86 valence electrons. The van der Waals surface area contributed by atoms with Crippen molar-refractivity contribution in [2.45, 2.75) is 34.1 Å². The molecule has 1 saturated heterocycles. The second kappa shape index (κ2) is 4.31. The van der Waals surface area contributed by atoms with Gasteiger partial charge in [0.1, 0.15) is 5.78 Å². The third-order valence-electron chi connectivity index (χ3n) is 2.58. The number of hydroxylamine groups is 2. The van der Waals surface area contributed by atoms with Gasteiger partial charge in [-0.3, -0.25) is 14.4 Å². The maximum absolute atomic E-state index is 11.7. The number of carbonyl (C=O) groups excluding carboxylic acids is 2. The van der Waals surface area contributed by atoms with E-state index in [1.165, 1.54) is 5.06 Å². The van der Waals surface area contributed by atoms with Crippen LogP contribution in [0.1, 0.15) is 34.1 Å². The van der Waals surface area contributed by atoms with Crippen LogP contribution in [0.15, 0.2) is 0 Å². The Kier molecular flexibility index (Phi) is 3.50. The van der Waals surface area contributed by atoms with Crippen LogP contribution in [0.4, 0.5) is 0 Å². The normalized spacial score (nSPS) is 22.3. The number of nitrogens with zero attached hydrogens (tertiary/aromatic N) is 1. The van der Waals surface area contributed by atoms with Gasteiger partial charge in [0.2, 0.25) is 0 Å². The largest absolute Gasteiger partial charge is 0.299 e. The molecule has 1 atom stereocenters. The fraction of sp³-hybridized carbons (Fsp3) is 0.818. The van der Waals surface area contributed by atoms with Crippen molar-refractivity contribution in [2.75, 3.05) is 13.2 Å². The van der Waals surface area contributed by atoms with Crippen molar-refractivity contribution in [2.24, 2.45) is 11.3 Å². The maximum atomic E-state index is 11.7. The monoisotopic (exact) mass is 213 g/mol. The predicted molar refractivity (Wildman–Crippen MR) is 55.9 cm³/mol. The van der Waals surface area contributed by atoms with Crippen molar-refractivity contribution in [3.63, 3.8) is 0 Å². The van der Waals surface area contributed by atoms with Crippen LogP contribution in [0.5, 0.6) is 0 Å². The van der Waals surface area contributed by atoms with E-state index in [9.17, 15) is 9.59 Å². The van der Waals surface area contributed by atoms with Crippen molar-refractivity contribution in [1.82, 2.24) is 5.06 Å². The number of carbonyl (C=O) groups is 2. The summed E-state index contributed by atoms with van der Waals surface area (Å²) >= 11 is 0. The molecule has 0 radical (unpaired) electrons. The lowest BCUT2D eigenvalue weighted by Gasteiger charge is -2.18. The molecule has 0 aliphatic carbocycles. The van der Waals surface area contributed by atoms with E-state index >= 15 is 0 Å². The van der Waals surface area contributed by atoms with Crippen molar-refractivity contribution in [3.05, 3.63) is 0 Å². The minimum atomic E-state index is -0.375. The summed E-state index contributed by atoms with van der Waals surface area (Å²) in [6.07, 6.45) is 0.291. The Morgan fingerprint density at radius 2 is 2.13 bits per heavy atom. The molecule has 4 nitrogen and oxygen atoms in total. The van der Waals surface area contributed by atoms with E-state index in [2.05, 4.69) is 0 Å². The molecular formula is C11H19NO3. The van der Waals surface area contributed by atoms with Gasteiger partial charge < -0.3 is 0 Å². The van der Waals surface area contributed by atoms with E-state index in [0.29, 0.717) is 19.6 Å². The number of ketones is 1. The first-order valence-corrected chi connectivity index (χ1v) is 5.34. The molecule has 0 unspecified atom stereocenters. The van der Waals surface area contributed by atoms with Gasteiger partial charge in [0.25, 0.3) is 5.91 Å². The van der Waals surface area contributed by atoms with Gasteiger partial charge in [-0.2, -0.15) is 0 Å². The second-order valence-electron chi connectivity index (χ2n) is 4.90. The molecule has 0 aromatic rings. The highest BCUT2D eigenvalue weighted by molar-refractivity contribution is 5.89. The molecule has 0 aromatic carbocycles. The number of hydrogen-bond donors (Lipinski definition) is 0. The summed E-state index contributed by atoms with van der Waals surface area (Å²) in [5.74, 6) is -0.228. The summed E-state index contributed by atoms with van der Waals surface area (Å²) in [4.78, 5) is 28.6. The molecule has 0 N–H and O–H groups in total. The first-order chi connectivity index (χ1) is 6.86. The average Bonchev–Trinajstić information content (AvgIpc) is 2.46. The molecule has 1 aliphatic rings. The molecular weight excluding hydrogens is 194 g/mol. The van der Waals surface area contributed by atoms with Crippen LogP contribution < -0.4 is 0 Å². The molecule has 1 fully saturated rings. The van der Waals surface area contributed by atoms with Gasteiger partial charge in [0.05, 0.1) is 12.5 Å². The molecule has 1 amide bonds. The Labute approximate surface area is 90.5 Å². The summed E-state index contributed by atoms with van der Waals surface area (Å²) in [6, 6.07) is 0. The Morgan fingerprint density at radius 1 is 1.53 bits per heavy atom. The third-order valence-corrected chi connectivity index (χ3v) is 2.58. The summed E-state index contributed by atoms with van der Waals surface area (Å²) in [5, 5.41) is 1.33. The van der Waals surface area contributed by atoms with Gasteiger partial charge in [-0.25, -0.2) is 5.06 Å². The molecule has 1 heterocycles. The Balaban J connectivity index is 2.55. The standard InChI is InChI=1S/C11H19NO3/c1-5-12-10(14)8(7-15-12)6-9(13)11(2,3)4/h8H,5-7H2,1-4H3/t8-/m1/s1. The number of Topliss-reactive ketones (excluding diaryl/α,β-unsaturated/α-hetero) is 1. The predicted octanol–water partition coefficient (Wildman–Crippen LogP) is 1.40. The molecule has 1 rings (SSSR count). The fourth-order valence-corrected chi connectivity index (χ4v) is 1.44. The first kappa shape index (κ1) is 12.2. The van der Waals surface area contributed by atoms with Crippen LogP contribution in [0.2, 0.25) is 0 Å². The van der Waals surface area contributed by atoms with Crippen LogP contribution in [-0.2, 0) is 14.4 Å². The first-order valence-electron chi connectivity index (χ1n) is 5.34. The Bertz CT molecular complexity index is 267. The minimum absolute atomic E-state index is 0.0601. The van der Waals surface area contributed by atoms with Crippen molar-refractivity contribution < 1.29 is 14.4 Å². The highest BCUT2D eigenvalue weighted by Gasteiger charge is 2.35. The van der Waals surface area contributed by atoms with Crippen LogP contribution in [0, 0.1) is 11.3 Å². The molecule has 4 heteroatoms.